The normalized spacial score (nSPS) is 10.3. The van der Waals surface area contributed by atoms with Crippen LogP contribution >= 0.6 is 0 Å². The molecule has 0 bridgehead atoms. The zero-order valence-corrected chi connectivity index (χ0v) is 11.5. The maximum Gasteiger partial charge on any atom is 0.256 e. The van der Waals surface area contributed by atoms with E-state index in [2.05, 4.69) is 10.3 Å². The minimum absolute atomic E-state index is 0.105. The minimum Gasteiger partial charge on any atom is -0.491 e. The Hall–Kier alpha value is -2.56. The Morgan fingerprint density at radius 1 is 1.20 bits per heavy atom. The van der Waals surface area contributed by atoms with E-state index < -0.39 is 0 Å². The number of ether oxygens (including phenoxy) is 1. The molecule has 1 aromatic carbocycles. The number of hydrogen-bond acceptors (Lipinski definition) is 4. The molecule has 0 radical (unpaired) electrons. The monoisotopic (exact) mass is 271 g/mol. The first-order valence-corrected chi connectivity index (χ1v) is 6.34. The van der Waals surface area contributed by atoms with Gasteiger partial charge in [-0.2, -0.15) is 0 Å². The van der Waals surface area contributed by atoms with Crippen LogP contribution < -0.4 is 15.8 Å². The number of amides is 1. The molecule has 1 aromatic heterocycles. The molecule has 0 saturated carbocycles. The average molecular weight is 271 g/mol. The van der Waals surface area contributed by atoms with Gasteiger partial charge in [-0.1, -0.05) is 0 Å². The average Bonchev–Trinajstić information content (AvgIpc) is 2.41. The summed E-state index contributed by atoms with van der Waals surface area (Å²) in [4.78, 5) is 16.0. The van der Waals surface area contributed by atoms with Crippen LogP contribution in [0.15, 0.2) is 42.6 Å². The molecule has 5 heteroatoms. The number of hydrogen-bond donors (Lipinski definition) is 2. The Labute approximate surface area is 117 Å². The molecule has 1 amide bonds. The van der Waals surface area contributed by atoms with Crippen molar-refractivity contribution in [3.8, 4) is 5.75 Å². The number of aromatic nitrogens is 1. The second kappa shape index (κ2) is 6.06. The molecule has 3 N–H and O–H groups in total. The van der Waals surface area contributed by atoms with Crippen molar-refractivity contribution in [1.29, 1.82) is 0 Å². The number of rotatable bonds is 4. The molecule has 2 aromatic rings. The van der Waals surface area contributed by atoms with Crippen molar-refractivity contribution in [1.82, 2.24) is 4.98 Å². The van der Waals surface area contributed by atoms with E-state index in [1.165, 1.54) is 6.20 Å². The second-order valence-electron chi connectivity index (χ2n) is 4.62. The van der Waals surface area contributed by atoms with Crippen molar-refractivity contribution in [2.45, 2.75) is 20.0 Å². The predicted octanol–water partition coefficient (Wildman–Crippen LogP) is 2.70. The second-order valence-corrected chi connectivity index (χ2v) is 4.62. The fraction of sp³-hybridized carbons (Fsp3) is 0.200. The van der Waals surface area contributed by atoms with E-state index in [0.717, 1.165) is 5.75 Å². The Bertz CT molecular complexity index is 577. The molecule has 5 nitrogen and oxygen atoms in total. The summed E-state index contributed by atoms with van der Waals surface area (Å²) in [5.41, 5.74) is 6.63. The van der Waals surface area contributed by atoms with Gasteiger partial charge < -0.3 is 15.8 Å². The van der Waals surface area contributed by atoms with Crippen LogP contribution in [-0.4, -0.2) is 17.0 Å². The van der Waals surface area contributed by atoms with Gasteiger partial charge in [0.15, 0.2) is 0 Å². The third kappa shape index (κ3) is 3.71. The standard InChI is InChI=1S/C15H17N3O2/c1-10(2)20-13-6-3-11(4-7-13)15(19)18-14-8-5-12(16)9-17-14/h3-10H,16H2,1-2H3,(H,17,18,19). The van der Waals surface area contributed by atoms with Gasteiger partial charge >= 0.3 is 0 Å². The lowest BCUT2D eigenvalue weighted by molar-refractivity contribution is 0.102. The molecule has 2 rings (SSSR count). The number of carbonyl (C=O) groups is 1. The zero-order chi connectivity index (χ0) is 14.5. The van der Waals surface area contributed by atoms with Gasteiger partial charge in [-0.25, -0.2) is 4.98 Å². The highest BCUT2D eigenvalue weighted by molar-refractivity contribution is 6.03. The molecule has 20 heavy (non-hydrogen) atoms. The lowest BCUT2D eigenvalue weighted by atomic mass is 10.2. The smallest absolute Gasteiger partial charge is 0.256 e. The van der Waals surface area contributed by atoms with Gasteiger partial charge in [-0.3, -0.25) is 4.79 Å². The van der Waals surface area contributed by atoms with E-state index in [-0.39, 0.29) is 12.0 Å². The molecular weight excluding hydrogens is 254 g/mol. The fourth-order valence-corrected chi connectivity index (χ4v) is 1.62. The van der Waals surface area contributed by atoms with Crippen molar-refractivity contribution in [2.24, 2.45) is 0 Å². The van der Waals surface area contributed by atoms with Crippen LogP contribution in [0.1, 0.15) is 24.2 Å². The largest absolute Gasteiger partial charge is 0.491 e. The van der Waals surface area contributed by atoms with Gasteiger partial charge in [-0.05, 0) is 50.2 Å². The van der Waals surface area contributed by atoms with Crippen molar-refractivity contribution in [3.05, 3.63) is 48.2 Å². The van der Waals surface area contributed by atoms with Crippen molar-refractivity contribution in [2.75, 3.05) is 11.1 Å². The zero-order valence-electron chi connectivity index (χ0n) is 11.5. The number of nitrogens with zero attached hydrogens (tertiary/aromatic N) is 1. The number of anilines is 2. The summed E-state index contributed by atoms with van der Waals surface area (Å²) < 4.78 is 5.52. The number of carbonyl (C=O) groups excluding carboxylic acids is 1. The number of benzene rings is 1. The first kappa shape index (κ1) is 13.9. The summed E-state index contributed by atoms with van der Waals surface area (Å²) in [7, 11) is 0. The van der Waals surface area contributed by atoms with Crippen LogP contribution in [0.3, 0.4) is 0 Å². The summed E-state index contributed by atoms with van der Waals surface area (Å²) >= 11 is 0. The van der Waals surface area contributed by atoms with Crippen LogP contribution in [-0.2, 0) is 0 Å². The van der Waals surface area contributed by atoms with Gasteiger partial charge in [0, 0.05) is 5.56 Å². The molecule has 0 aliphatic heterocycles. The molecule has 104 valence electrons. The number of nitrogens with two attached hydrogens (primary N) is 1. The number of nitrogen functional groups attached to an aromatic ring is 1. The summed E-state index contributed by atoms with van der Waals surface area (Å²) in [5, 5.41) is 2.70. The fourth-order valence-electron chi connectivity index (χ4n) is 1.62. The topological polar surface area (TPSA) is 77.2 Å². The summed E-state index contributed by atoms with van der Waals surface area (Å²) in [6.07, 6.45) is 1.60. The molecule has 0 aliphatic rings. The van der Waals surface area contributed by atoms with Crippen LogP contribution in [0.4, 0.5) is 11.5 Å². The molecular formula is C15H17N3O2. The molecule has 0 saturated heterocycles. The maximum atomic E-state index is 12.0. The van der Waals surface area contributed by atoms with Crippen molar-refractivity contribution in [3.63, 3.8) is 0 Å². The quantitative estimate of drug-likeness (QED) is 0.896. The Balaban J connectivity index is 2.03. The number of pyridine rings is 1. The van der Waals surface area contributed by atoms with E-state index in [0.29, 0.717) is 17.1 Å². The third-order valence-electron chi connectivity index (χ3n) is 2.52. The molecule has 0 atom stereocenters. The van der Waals surface area contributed by atoms with Gasteiger partial charge in [-0.15, -0.1) is 0 Å². The van der Waals surface area contributed by atoms with Gasteiger partial charge in [0.2, 0.25) is 0 Å². The van der Waals surface area contributed by atoms with E-state index in [1.807, 2.05) is 13.8 Å². The van der Waals surface area contributed by atoms with Gasteiger partial charge in [0.25, 0.3) is 5.91 Å². The Morgan fingerprint density at radius 3 is 2.45 bits per heavy atom. The predicted molar refractivity (Wildman–Crippen MR) is 78.8 cm³/mol. The SMILES string of the molecule is CC(C)Oc1ccc(C(=O)Nc2ccc(N)cn2)cc1. The molecule has 0 unspecified atom stereocenters. The lowest BCUT2D eigenvalue weighted by Gasteiger charge is -2.10. The van der Waals surface area contributed by atoms with E-state index in [4.69, 9.17) is 10.5 Å². The maximum absolute atomic E-state index is 12.0. The Morgan fingerprint density at radius 2 is 1.90 bits per heavy atom. The molecule has 0 spiro atoms. The van der Waals surface area contributed by atoms with E-state index in [1.54, 1.807) is 36.4 Å². The summed E-state index contributed by atoms with van der Waals surface area (Å²) in [6.45, 7) is 3.90. The van der Waals surface area contributed by atoms with Crippen LogP contribution in [0.5, 0.6) is 5.75 Å². The van der Waals surface area contributed by atoms with Gasteiger partial charge in [0.05, 0.1) is 18.0 Å². The van der Waals surface area contributed by atoms with Crippen LogP contribution in [0.2, 0.25) is 0 Å². The first-order valence-electron chi connectivity index (χ1n) is 6.34. The molecule has 0 fully saturated rings. The molecule has 0 aliphatic carbocycles. The van der Waals surface area contributed by atoms with Crippen molar-refractivity contribution < 1.29 is 9.53 Å². The van der Waals surface area contributed by atoms with E-state index >= 15 is 0 Å². The molecule has 1 heterocycles. The highest BCUT2D eigenvalue weighted by Crippen LogP contribution is 2.15. The minimum atomic E-state index is -0.224. The van der Waals surface area contributed by atoms with Crippen LogP contribution in [0.25, 0.3) is 0 Å². The lowest BCUT2D eigenvalue weighted by Crippen LogP contribution is -2.13. The van der Waals surface area contributed by atoms with E-state index in [9.17, 15) is 4.79 Å². The highest BCUT2D eigenvalue weighted by Gasteiger charge is 2.07. The highest BCUT2D eigenvalue weighted by atomic mass is 16.5. The van der Waals surface area contributed by atoms with Crippen molar-refractivity contribution >= 4 is 17.4 Å². The first-order chi connectivity index (χ1) is 9.54. The summed E-state index contributed by atoms with van der Waals surface area (Å²) in [5.74, 6) is 0.979. The third-order valence-corrected chi connectivity index (χ3v) is 2.52. The van der Waals surface area contributed by atoms with Gasteiger partial charge in [0.1, 0.15) is 11.6 Å². The summed E-state index contributed by atoms with van der Waals surface area (Å²) in [6, 6.07) is 10.3. The Kier molecular flexibility index (Phi) is 4.20. The number of nitrogens with one attached hydrogen (secondary N) is 1. The van der Waals surface area contributed by atoms with Crippen LogP contribution in [0, 0.1) is 0 Å².